The van der Waals surface area contributed by atoms with Crippen molar-refractivity contribution in [3.63, 3.8) is 0 Å². The van der Waals surface area contributed by atoms with Gasteiger partial charge >= 0.3 is 0 Å². The average Bonchev–Trinajstić information content (AvgIpc) is 1.92. The number of nitrogens with zero attached hydrogens (tertiary/aromatic N) is 1. The third-order valence-electron chi connectivity index (χ3n) is 2.95. The summed E-state index contributed by atoms with van der Waals surface area (Å²) in [5.41, 5.74) is 0.201. The fourth-order valence-electron chi connectivity index (χ4n) is 2.35. The summed E-state index contributed by atoms with van der Waals surface area (Å²) in [6.45, 7) is 4.09. The molecule has 0 amide bonds. The quantitative estimate of drug-likeness (QED) is 0.485. The van der Waals surface area contributed by atoms with E-state index >= 15 is 0 Å². The summed E-state index contributed by atoms with van der Waals surface area (Å²) in [7, 11) is 2.10. The van der Waals surface area contributed by atoms with Crippen LogP contribution in [0, 0.1) is 5.41 Å². The van der Waals surface area contributed by atoms with Crippen LogP contribution >= 0.6 is 0 Å². The monoisotopic (exact) mass is 156 g/mol. The van der Waals surface area contributed by atoms with E-state index < -0.39 is 0 Å². The van der Waals surface area contributed by atoms with Crippen molar-refractivity contribution < 1.29 is 5.11 Å². The molecule has 2 N–H and O–H groups in total. The molecular formula is C8H16N2O. The van der Waals surface area contributed by atoms with Crippen LogP contribution in [0.1, 0.15) is 6.42 Å². The fraction of sp³-hybridized carbons (Fsp3) is 1.00. The number of rotatable bonds is 0. The molecule has 0 saturated carbocycles. The first-order chi connectivity index (χ1) is 5.23. The van der Waals surface area contributed by atoms with Crippen molar-refractivity contribution in [1.82, 2.24) is 10.2 Å². The third kappa shape index (κ3) is 1.08. The molecule has 2 fully saturated rings. The van der Waals surface area contributed by atoms with E-state index in [1.165, 1.54) is 0 Å². The highest BCUT2D eigenvalue weighted by molar-refractivity contribution is 5.02. The van der Waals surface area contributed by atoms with Crippen LogP contribution in [-0.4, -0.2) is 49.3 Å². The predicted molar refractivity (Wildman–Crippen MR) is 43.4 cm³/mol. The predicted octanol–water partition coefficient (Wildman–Crippen LogP) is -0.728. The molecule has 2 rings (SSSR count). The molecule has 2 aliphatic rings. The summed E-state index contributed by atoms with van der Waals surface area (Å²) < 4.78 is 0. The van der Waals surface area contributed by atoms with Gasteiger partial charge in [0, 0.05) is 25.0 Å². The Hall–Kier alpha value is -0.120. The largest absolute Gasteiger partial charge is 0.392 e. The minimum atomic E-state index is -0.0695. The second kappa shape index (κ2) is 2.44. The van der Waals surface area contributed by atoms with E-state index in [0.29, 0.717) is 0 Å². The molecule has 3 heteroatoms. The van der Waals surface area contributed by atoms with Crippen LogP contribution in [-0.2, 0) is 0 Å². The molecule has 0 aromatic carbocycles. The lowest BCUT2D eigenvalue weighted by atomic mass is 9.72. The van der Waals surface area contributed by atoms with Gasteiger partial charge in [-0.2, -0.15) is 0 Å². The molecule has 0 aromatic rings. The Morgan fingerprint density at radius 1 is 1.55 bits per heavy atom. The van der Waals surface area contributed by atoms with Crippen LogP contribution in [0.5, 0.6) is 0 Å². The maximum atomic E-state index is 9.73. The van der Waals surface area contributed by atoms with Gasteiger partial charge in [-0.25, -0.2) is 0 Å². The number of aliphatic hydroxyl groups excluding tert-OH is 1. The van der Waals surface area contributed by atoms with Gasteiger partial charge in [-0.05, 0) is 20.0 Å². The average molecular weight is 156 g/mol. The normalized spacial score (nSPS) is 37.1. The number of hydrogen-bond acceptors (Lipinski definition) is 3. The molecule has 0 aromatic heterocycles. The summed E-state index contributed by atoms with van der Waals surface area (Å²) in [5.74, 6) is 0. The Balaban J connectivity index is 2.00. The van der Waals surface area contributed by atoms with Gasteiger partial charge in [0.25, 0.3) is 0 Å². The molecule has 64 valence electrons. The van der Waals surface area contributed by atoms with E-state index in [-0.39, 0.29) is 11.5 Å². The van der Waals surface area contributed by atoms with Crippen molar-refractivity contribution in [3.05, 3.63) is 0 Å². The van der Waals surface area contributed by atoms with Crippen molar-refractivity contribution >= 4 is 0 Å². The van der Waals surface area contributed by atoms with Crippen LogP contribution < -0.4 is 5.32 Å². The molecule has 0 radical (unpaired) electrons. The molecule has 1 atom stereocenters. The molecule has 0 aliphatic carbocycles. The number of nitrogens with one attached hydrogen (secondary N) is 1. The summed E-state index contributed by atoms with van der Waals surface area (Å²) in [6, 6.07) is 0. The van der Waals surface area contributed by atoms with E-state index in [1.54, 1.807) is 0 Å². The van der Waals surface area contributed by atoms with E-state index in [2.05, 4.69) is 17.3 Å². The van der Waals surface area contributed by atoms with Crippen LogP contribution in [0.3, 0.4) is 0 Å². The van der Waals surface area contributed by atoms with Crippen molar-refractivity contribution in [3.8, 4) is 0 Å². The van der Waals surface area contributed by atoms with Crippen LogP contribution in [0.15, 0.2) is 0 Å². The molecule has 2 saturated heterocycles. The Bertz CT molecular complexity index is 149. The lowest BCUT2D eigenvalue weighted by Crippen LogP contribution is -2.66. The van der Waals surface area contributed by atoms with Gasteiger partial charge in [-0.3, -0.25) is 0 Å². The first-order valence-electron chi connectivity index (χ1n) is 4.30. The molecular weight excluding hydrogens is 140 g/mol. The Morgan fingerprint density at radius 3 is 2.82 bits per heavy atom. The van der Waals surface area contributed by atoms with Gasteiger partial charge in [-0.1, -0.05) is 0 Å². The lowest BCUT2D eigenvalue weighted by Gasteiger charge is -2.53. The molecule has 11 heavy (non-hydrogen) atoms. The highest BCUT2D eigenvalue weighted by atomic mass is 16.3. The topological polar surface area (TPSA) is 35.5 Å². The van der Waals surface area contributed by atoms with Crippen molar-refractivity contribution in [1.29, 1.82) is 0 Å². The van der Waals surface area contributed by atoms with Crippen molar-refractivity contribution in [2.24, 2.45) is 5.41 Å². The summed E-state index contributed by atoms with van der Waals surface area (Å²) in [6.07, 6.45) is 0.855. The van der Waals surface area contributed by atoms with E-state index in [0.717, 1.165) is 32.6 Å². The zero-order chi connectivity index (χ0) is 7.90. The maximum Gasteiger partial charge on any atom is 0.0645 e. The first-order valence-corrected chi connectivity index (χ1v) is 4.30. The fourth-order valence-corrected chi connectivity index (χ4v) is 2.35. The van der Waals surface area contributed by atoms with Gasteiger partial charge in [0.1, 0.15) is 0 Å². The van der Waals surface area contributed by atoms with E-state index in [9.17, 15) is 5.11 Å². The molecule has 1 unspecified atom stereocenters. The smallest absolute Gasteiger partial charge is 0.0645 e. The minimum Gasteiger partial charge on any atom is -0.392 e. The first kappa shape index (κ1) is 7.53. The molecule has 2 aliphatic heterocycles. The summed E-state index contributed by atoms with van der Waals surface area (Å²) in [4.78, 5) is 2.26. The Morgan fingerprint density at radius 2 is 2.27 bits per heavy atom. The number of aliphatic hydroxyl groups is 1. The SMILES string of the molecule is CN1CC2(CNCCC2O)C1. The maximum absolute atomic E-state index is 9.73. The number of likely N-dealkylation sites (tertiary alicyclic amines) is 1. The van der Waals surface area contributed by atoms with E-state index in [4.69, 9.17) is 0 Å². The zero-order valence-corrected chi connectivity index (χ0v) is 7.01. The molecule has 3 nitrogen and oxygen atoms in total. The highest BCUT2D eigenvalue weighted by Crippen LogP contribution is 2.35. The van der Waals surface area contributed by atoms with Crippen LogP contribution in [0.2, 0.25) is 0 Å². The van der Waals surface area contributed by atoms with Gasteiger partial charge in [-0.15, -0.1) is 0 Å². The Labute approximate surface area is 67.4 Å². The summed E-state index contributed by atoms with van der Waals surface area (Å²) in [5, 5.41) is 13.1. The summed E-state index contributed by atoms with van der Waals surface area (Å²) >= 11 is 0. The molecule has 0 bridgehead atoms. The number of piperidine rings is 1. The molecule has 2 heterocycles. The second-order valence-corrected chi connectivity index (χ2v) is 4.02. The zero-order valence-electron chi connectivity index (χ0n) is 7.01. The second-order valence-electron chi connectivity index (χ2n) is 4.02. The third-order valence-corrected chi connectivity index (χ3v) is 2.95. The van der Waals surface area contributed by atoms with E-state index in [1.807, 2.05) is 0 Å². The van der Waals surface area contributed by atoms with Gasteiger partial charge in [0.05, 0.1) is 6.10 Å². The van der Waals surface area contributed by atoms with Gasteiger partial charge in [0.2, 0.25) is 0 Å². The van der Waals surface area contributed by atoms with Crippen molar-refractivity contribution in [2.45, 2.75) is 12.5 Å². The highest BCUT2D eigenvalue weighted by Gasteiger charge is 2.47. The van der Waals surface area contributed by atoms with Crippen LogP contribution in [0.4, 0.5) is 0 Å². The standard InChI is InChI=1S/C8H16N2O/c1-10-5-8(6-10)4-9-3-2-7(8)11/h7,9,11H,2-6H2,1H3. The van der Waals surface area contributed by atoms with Gasteiger partial charge in [0.15, 0.2) is 0 Å². The number of hydrogen-bond donors (Lipinski definition) is 2. The van der Waals surface area contributed by atoms with Gasteiger partial charge < -0.3 is 15.3 Å². The lowest BCUT2D eigenvalue weighted by molar-refractivity contribution is -0.0955. The van der Waals surface area contributed by atoms with Crippen LogP contribution in [0.25, 0.3) is 0 Å². The Kier molecular flexibility index (Phi) is 1.67. The minimum absolute atomic E-state index is 0.0695. The van der Waals surface area contributed by atoms with Crippen molar-refractivity contribution in [2.75, 3.05) is 33.2 Å². The molecule has 1 spiro atoms.